The number of terminal acetylenes is 1. The number of nitrogens with one attached hydrogen (secondary N) is 1. The van der Waals surface area contributed by atoms with Gasteiger partial charge >= 0.3 is 0 Å². The molecule has 2 nitrogen and oxygen atoms in total. The smallest absolute Gasteiger partial charge is 0.0599 e. The van der Waals surface area contributed by atoms with Gasteiger partial charge < -0.3 is 5.32 Å². The molecule has 0 saturated carbocycles. The fraction of sp³-hybridized carbons (Fsp3) is 0.833. The number of hydrogen-bond donors (Lipinski definition) is 1. The molecule has 2 heteroatoms. The highest BCUT2D eigenvalue weighted by molar-refractivity contribution is 4.89. The van der Waals surface area contributed by atoms with Crippen LogP contribution in [0.1, 0.15) is 33.6 Å². The molecule has 0 rings (SSSR count). The molecule has 0 aliphatic rings. The summed E-state index contributed by atoms with van der Waals surface area (Å²) in [5.74, 6) is 2.69. The molecule has 0 amide bonds. The Morgan fingerprint density at radius 2 is 2.07 bits per heavy atom. The maximum Gasteiger partial charge on any atom is 0.0599 e. The molecule has 0 aromatic carbocycles. The summed E-state index contributed by atoms with van der Waals surface area (Å²) < 4.78 is 0. The molecule has 0 aromatic heterocycles. The van der Waals surface area contributed by atoms with Gasteiger partial charge in [-0.05, 0) is 13.5 Å². The van der Waals surface area contributed by atoms with Crippen molar-refractivity contribution in [3.8, 4) is 12.3 Å². The van der Waals surface area contributed by atoms with Crippen molar-refractivity contribution in [2.75, 3.05) is 20.1 Å². The Balaban J connectivity index is 3.94. The van der Waals surface area contributed by atoms with Crippen LogP contribution in [-0.2, 0) is 0 Å². The van der Waals surface area contributed by atoms with E-state index in [1.54, 1.807) is 0 Å². The average molecular weight is 196 g/mol. The van der Waals surface area contributed by atoms with Gasteiger partial charge in [0.15, 0.2) is 0 Å². The molecule has 0 aliphatic heterocycles. The van der Waals surface area contributed by atoms with Crippen LogP contribution in [0.4, 0.5) is 0 Å². The van der Waals surface area contributed by atoms with Crippen LogP contribution in [0, 0.1) is 12.3 Å². The van der Waals surface area contributed by atoms with E-state index in [4.69, 9.17) is 6.42 Å². The number of likely N-dealkylation sites (N-methyl/N-ethyl adjacent to an activating group) is 1. The van der Waals surface area contributed by atoms with Crippen molar-refractivity contribution < 1.29 is 0 Å². The molecule has 82 valence electrons. The van der Waals surface area contributed by atoms with Gasteiger partial charge in [0.05, 0.1) is 6.54 Å². The largest absolute Gasteiger partial charge is 0.313 e. The van der Waals surface area contributed by atoms with Crippen molar-refractivity contribution >= 4 is 0 Å². The summed E-state index contributed by atoms with van der Waals surface area (Å²) in [7, 11) is 2.10. The number of rotatable bonds is 7. The average Bonchev–Trinajstić information content (AvgIpc) is 2.12. The Morgan fingerprint density at radius 1 is 1.43 bits per heavy atom. The highest BCUT2D eigenvalue weighted by Gasteiger charge is 2.12. The summed E-state index contributed by atoms with van der Waals surface area (Å²) in [5, 5.41) is 3.46. The zero-order valence-corrected chi connectivity index (χ0v) is 10.0. The molecule has 0 saturated heterocycles. The molecular formula is C12H24N2. The van der Waals surface area contributed by atoms with Crippen molar-refractivity contribution in [1.82, 2.24) is 10.2 Å². The Labute approximate surface area is 89.1 Å². The van der Waals surface area contributed by atoms with E-state index in [-0.39, 0.29) is 0 Å². The maximum absolute atomic E-state index is 5.31. The number of nitrogens with zero attached hydrogens (tertiary/aromatic N) is 1. The van der Waals surface area contributed by atoms with Crippen molar-refractivity contribution in [2.24, 2.45) is 0 Å². The van der Waals surface area contributed by atoms with Crippen molar-refractivity contribution in [1.29, 1.82) is 0 Å². The lowest BCUT2D eigenvalue weighted by molar-refractivity contribution is 0.243. The molecule has 0 spiro atoms. The normalized spacial score (nSPS) is 13.2. The summed E-state index contributed by atoms with van der Waals surface area (Å²) in [4.78, 5) is 2.25. The predicted octanol–water partition coefficient (Wildman–Crippen LogP) is 1.72. The zero-order valence-electron chi connectivity index (χ0n) is 10.0. The SMILES string of the molecule is C#CCN(C)C(CCC)CNC(C)C. The monoisotopic (exact) mass is 196 g/mol. The van der Waals surface area contributed by atoms with Crippen molar-refractivity contribution in [3.63, 3.8) is 0 Å². The van der Waals surface area contributed by atoms with Crippen LogP contribution < -0.4 is 5.32 Å². The number of hydrogen-bond acceptors (Lipinski definition) is 2. The second-order valence-corrected chi connectivity index (χ2v) is 4.12. The van der Waals surface area contributed by atoms with E-state index in [1.807, 2.05) is 0 Å². The lowest BCUT2D eigenvalue weighted by Crippen LogP contribution is -2.42. The van der Waals surface area contributed by atoms with E-state index in [2.05, 4.69) is 44.0 Å². The molecule has 0 fully saturated rings. The molecule has 0 heterocycles. The first-order valence-electron chi connectivity index (χ1n) is 5.48. The lowest BCUT2D eigenvalue weighted by atomic mass is 10.1. The molecular weight excluding hydrogens is 172 g/mol. The zero-order chi connectivity index (χ0) is 11.0. The van der Waals surface area contributed by atoms with E-state index in [0.717, 1.165) is 13.1 Å². The van der Waals surface area contributed by atoms with Gasteiger partial charge in [-0.1, -0.05) is 33.1 Å². The molecule has 0 aliphatic carbocycles. The third kappa shape index (κ3) is 6.01. The summed E-state index contributed by atoms with van der Waals surface area (Å²) in [6, 6.07) is 1.12. The van der Waals surface area contributed by atoms with Crippen molar-refractivity contribution in [2.45, 2.75) is 45.7 Å². The Hall–Kier alpha value is -0.520. The van der Waals surface area contributed by atoms with E-state index < -0.39 is 0 Å². The second kappa shape index (κ2) is 7.84. The van der Waals surface area contributed by atoms with Crippen molar-refractivity contribution in [3.05, 3.63) is 0 Å². The van der Waals surface area contributed by atoms with Gasteiger partial charge in [-0.3, -0.25) is 4.90 Å². The van der Waals surface area contributed by atoms with E-state index in [0.29, 0.717) is 12.1 Å². The predicted molar refractivity (Wildman–Crippen MR) is 63.3 cm³/mol. The second-order valence-electron chi connectivity index (χ2n) is 4.12. The van der Waals surface area contributed by atoms with Crippen LogP contribution in [0.2, 0.25) is 0 Å². The lowest BCUT2D eigenvalue weighted by Gasteiger charge is -2.27. The maximum atomic E-state index is 5.31. The fourth-order valence-corrected chi connectivity index (χ4v) is 1.46. The van der Waals surface area contributed by atoms with Gasteiger partial charge in [0.2, 0.25) is 0 Å². The van der Waals surface area contributed by atoms with Crippen LogP contribution in [0.3, 0.4) is 0 Å². The summed E-state index contributed by atoms with van der Waals surface area (Å²) >= 11 is 0. The van der Waals surface area contributed by atoms with Gasteiger partial charge in [-0.2, -0.15) is 0 Å². The first-order valence-corrected chi connectivity index (χ1v) is 5.48. The molecule has 1 N–H and O–H groups in total. The summed E-state index contributed by atoms with van der Waals surface area (Å²) in [6.07, 6.45) is 7.72. The van der Waals surface area contributed by atoms with E-state index in [9.17, 15) is 0 Å². The minimum Gasteiger partial charge on any atom is -0.313 e. The Kier molecular flexibility index (Phi) is 7.55. The highest BCUT2D eigenvalue weighted by Crippen LogP contribution is 2.03. The molecule has 14 heavy (non-hydrogen) atoms. The van der Waals surface area contributed by atoms with Crippen LogP contribution in [-0.4, -0.2) is 37.1 Å². The highest BCUT2D eigenvalue weighted by atomic mass is 15.1. The molecule has 0 radical (unpaired) electrons. The molecule has 1 atom stereocenters. The standard InChI is InChI=1S/C12H24N2/c1-6-8-12(10-13-11(3)4)14(5)9-7-2/h2,11-13H,6,8-10H2,1,3-5H3. The first-order chi connectivity index (χ1) is 6.61. The Bertz CT molecular complexity index is 170. The Morgan fingerprint density at radius 3 is 2.50 bits per heavy atom. The topological polar surface area (TPSA) is 15.3 Å². The first kappa shape index (κ1) is 13.5. The molecule has 1 unspecified atom stereocenters. The fourth-order valence-electron chi connectivity index (χ4n) is 1.46. The van der Waals surface area contributed by atoms with E-state index in [1.165, 1.54) is 12.8 Å². The van der Waals surface area contributed by atoms with E-state index >= 15 is 0 Å². The van der Waals surface area contributed by atoms with Gasteiger partial charge in [0.25, 0.3) is 0 Å². The minimum atomic E-state index is 0.550. The molecule has 0 bridgehead atoms. The van der Waals surface area contributed by atoms with Gasteiger partial charge in [-0.15, -0.1) is 6.42 Å². The van der Waals surface area contributed by atoms with Gasteiger partial charge in [-0.25, -0.2) is 0 Å². The summed E-state index contributed by atoms with van der Waals surface area (Å²) in [5.41, 5.74) is 0. The quantitative estimate of drug-likeness (QED) is 0.624. The van der Waals surface area contributed by atoms with Crippen LogP contribution >= 0.6 is 0 Å². The molecule has 0 aromatic rings. The van der Waals surface area contributed by atoms with Crippen LogP contribution in [0.25, 0.3) is 0 Å². The van der Waals surface area contributed by atoms with Crippen LogP contribution in [0.5, 0.6) is 0 Å². The third-order valence-electron chi connectivity index (χ3n) is 2.35. The van der Waals surface area contributed by atoms with Gasteiger partial charge in [0, 0.05) is 18.6 Å². The third-order valence-corrected chi connectivity index (χ3v) is 2.35. The van der Waals surface area contributed by atoms with Crippen LogP contribution in [0.15, 0.2) is 0 Å². The summed E-state index contributed by atoms with van der Waals surface area (Å²) in [6.45, 7) is 8.33. The minimum absolute atomic E-state index is 0.550. The van der Waals surface area contributed by atoms with Gasteiger partial charge in [0.1, 0.15) is 0 Å².